The minimum atomic E-state index is -0.120. The van der Waals surface area contributed by atoms with Gasteiger partial charge in [-0.25, -0.2) is 0 Å². The number of hydrogen-bond acceptors (Lipinski definition) is 5. The van der Waals surface area contributed by atoms with Crippen molar-refractivity contribution in [2.24, 2.45) is 28.7 Å². The number of hydrogen-bond donors (Lipinski definition) is 2. The molecule has 148 valence electrons. The highest BCUT2D eigenvalue weighted by Gasteiger charge is 2.58. The Morgan fingerprint density at radius 1 is 1.22 bits per heavy atom. The molecule has 27 heavy (non-hydrogen) atoms. The lowest BCUT2D eigenvalue weighted by Crippen LogP contribution is -2.49. The van der Waals surface area contributed by atoms with E-state index in [1.165, 1.54) is 4.90 Å². The zero-order valence-corrected chi connectivity index (χ0v) is 16.1. The largest absolute Gasteiger partial charge is 0.374 e. The minimum Gasteiger partial charge on any atom is -0.374 e. The normalized spacial score (nSPS) is 35.9. The second-order valence-electron chi connectivity index (χ2n) is 7.96. The monoisotopic (exact) mass is 375 g/mol. The van der Waals surface area contributed by atoms with Crippen LogP contribution in [-0.4, -0.2) is 87.1 Å². The van der Waals surface area contributed by atoms with E-state index in [2.05, 4.69) is 39.7 Å². The number of likely N-dealkylation sites (N-methyl/N-ethyl adjacent to an activating group) is 1. The fourth-order valence-electron chi connectivity index (χ4n) is 4.89. The standard InChI is InChI=1S/C19H29N5O3/c1-20-19(22-10-14-11-23(2)7-8-27-14)21-5-6-24-17(25)15-12-3-4-13(9-12)16(15)18(24)26/h3-4,12-16H,5-11H2,1-2H3,(H2,20,21,22). The molecular weight excluding hydrogens is 346 g/mol. The summed E-state index contributed by atoms with van der Waals surface area (Å²) in [6.07, 6.45) is 5.34. The van der Waals surface area contributed by atoms with E-state index in [1.54, 1.807) is 7.05 Å². The molecule has 8 nitrogen and oxygen atoms in total. The SMILES string of the molecule is CN=C(NCCN1C(=O)C2C3C=CC(C3)C2C1=O)NCC1CN(C)CCO1. The van der Waals surface area contributed by atoms with Gasteiger partial charge in [0.1, 0.15) is 0 Å². The van der Waals surface area contributed by atoms with E-state index in [0.717, 1.165) is 26.1 Å². The van der Waals surface area contributed by atoms with Crippen molar-refractivity contribution in [2.75, 3.05) is 53.4 Å². The van der Waals surface area contributed by atoms with Crippen LogP contribution in [0.2, 0.25) is 0 Å². The third-order valence-corrected chi connectivity index (χ3v) is 6.25. The number of rotatable bonds is 5. The first-order chi connectivity index (χ1) is 13.1. The molecule has 2 bridgehead atoms. The number of aliphatic imine (C=N–C) groups is 1. The number of morpholine rings is 1. The van der Waals surface area contributed by atoms with Crippen LogP contribution in [0.15, 0.2) is 17.1 Å². The van der Waals surface area contributed by atoms with Crippen LogP contribution in [-0.2, 0) is 14.3 Å². The summed E-state index contributed by atoms with van der Waals surface area (Å²) in [5, 5.41) is 6.46. The molecule has 1 saturated carbocycles. The second kappa shape index (κ2) is 7.59. The topological polar surface area (TPSA) is 86.3 Å². The number of allylic oxidation sites excluding steroid dienone is 2. The van der Waals surface area contributed by atoms with E-state index < -0.39 is 0 Å². The van der Waals surface area contributed by atoms with Crippen molar-refractivity contribution in [2.45, 2.75) is 12.5 Å². The van der Waals surface area contributed by atoms with Crippen molar-refractivity contribution < 1.29 is 14.3 Å². The molecule has 0 spiro atoms. The lowest BCUT2D eigenvalue weighted by atomic mass is 9.85. The lowest BCUT2D eigenvalue weighted by Gasteiger charge is -2.30. The maximum Gasteiger partial charge on any atom is 0.233 e. The Bertz CT molecular complexity index is 634. The molecule has 0 aromatic rings. The Morgan fingerprint density at radius 2 is 1.93 bits per heavy atom. The summed E-state index contributed by atoms with van der Waals surface area (Å²) in [6, 6.07) is 0. The van der Waals surface area contributed by atoms with Crippen LogP contribution in [0.1, 0.15) is 6.42 Å². The molecular formula is C19H29N5O3. The molecule has 2 N–H and O–H groups in total. The molecule has 0 aromatic carbocycles. The number of amides is 2. The van der Waals surface area contributed by atoms with Crippen LogP contribution in [0, 0.1) is 23.7 Å². The number of carbonyl (C=O) groups is 2. The molecule has 2 saturated heterocycles. The first-order valence-electron chi connectivity index (χ1n) is 9.86. The van der Waals surface area contributed by atoms with Gasteiger partial charge in [-0.2, -0.15) is 0 Å². The summed E-state index contributed by atoms with van der Waals surface area (Å²) in [5.74, 6) is 0.953. The van der Waals surface area contributed by atoms with Gasteiger partial charge in [-0.05, 0) is 25.3 Å². The van der Waals surface area contributed by atoms with Crippen LogP contribution in [0.5, 0.6) is 0 Å². The Balaban J connectivity index is 1.23. The molecule has 4 aliphatic rings. The fraction of sp³-hybridized carbons (Fsp3) is 0.737. The van der Waals surface area contributed by atoms with Crippen molar-refractivity contribution in [1.82, 2.24) is 20.4 Å². The van der Waals surface area contributed by atoms with Gasteiger partial charge < -0.3 is 20.3 Å². The Hall–Kier alpha value is -1.93. The molecule has 2 aliphatic heterocycles. The van der Waals surface area contributed by atoms with Gasteiger partial charge >= 0.3 is 0 Å². The molecule has 2 amide bonds. The van der Waals surface area contributed by atoms with Crippen molar-refractivity contribution in [3.05, 3.63) is 12.2 Å². The van der Waals surface area contributed by atoms with E-state index >= 15 is 0 Å². The van der Waals surface area contributed by atoms with Gasteiger partial charge in [0.15, 0.2) is 5.96 Å². The number of nitrogens with zero attached hydrogens (tertiary/aromatic N) is 3. The molecule has 4 rings (SSSR count). The van der Waals surface area contributed by atoms with E-state index in [4.69, 9.17) is 4.74 Å². The number of likely N-dealkylation sites (tertiary alicyclic amines) is 1. The molecule has 2 aliphatic carbocycles. The van der Waals surface area contributed by atoms with Crippen LogP contribution in [0.4, 0.5) is 0 Å². The average Bonchev–Trinajstić information content (AvgIpc) is 3.34. The van der Waals surface area contributed by atoms with Gasteiger partial charge in [0.05, 0.1) is 24.5 Å². The predicted molar refractivity (Wildman–Crippen MR) is 101 cm³/mol. The van der Waals surface area contributed by atoms with Crippen molar-refractivity contribution in [3.63, 3.8) is 0 Å². The number of nitrogens with one attached hydrogen (secondary N) is 2. The van der Waals surface area contributed by atoms with Crippen molar-refractivity contribution in [1.29, 1.82) is 0 Å². The van der Waals surface area contributed by atoms with Gasteiger partial charge in [-0.3, -0.25) is 19.5 Å². The molecule has 2 heterocycles. The van der Waals surface area contributed by atoms with Crippen LogP contribution in [0.3, 0.4) is 0 Å². The summed E-state index contributed by atoms with van der Waals surface area (Å²) in [6.45, 7) is 4.14. The fourth-order valence-corrected chi connectivity index (χ4v) is 4.89. The van der Waals surface area contributed by atoms with Crippen molar-refractivity contribution in [3.8, 4) is 0 Å². The highest BCUT2D eigenvalue weighted by atomic mass is 16.5. The van der Waals surface area contributed by atoms with Gasteiger partial charge in [-0.1, -0.05) is 12.2 Å². The molecule has 5 unspecified atom stereocenters. The smallest absolute Gasteiger partial charge is 0.233 e. The average molecular weight is 375 g/mol. The minimum absolute atomic E-state index is 0.00485. The maximum absolute atomic E-state index is 12.7. The lowest BCUT2D eigenvalue weighted by molar-refractivity contribution is -0.140. The number of ether oxygens (including phenoxy) is 1. The van der Waals surface area contributed by atoms with E-state index in [1.807, 2.05) is 0 Å². The zero-order chi connectivity index (χ0) is 19.0. The summed E-state index contributed by atoms with van der Waals surface area (Å²) in [5.41, 5.74) is 0. The first-order valence-corrected chi connectivity index (χ1v) is 9.86. The van der Waals surface area contributed by atoms with E-state index in [9.17, 15) is 9.59 Å². The third-order valence-electron chi connectivity index (χ3n) is 6.25. The second-order valence-corrected chi connectivity index (χ2v) is 7.96. The Morgan fingerprint density at radius 3 is 2.56 bits per heavy atom. The van der Waals surface area contributed by atoms with Crippen LogP contribution >= 0.6 is 0 Å². The Kier molecular flexibility index (Phi) is 5.19. The van der Waals surface area contributed by atoms with E-state index in [0.29, 0.717) is 25.6 Å². The number of fused-ring (bicyclic) bond motifs is 5. The number of guanidine groups is 1. The highest BCUT2D eigenvalue weighted by Crippen LogP contribution is 2.52. The predicted octanol–water partition coefficient (Wildman–Crippen LogP) is -0.711. The molecule has 0 radical (unpaired) electrons. The van der Waals surface area contributed by atoms with Gasteiger partial charge in [0.2, 0.25) is 11.8 Å². The van der Waals surface area contributed by atoms with Crippen LogP contribution in [0.25, 0.3) is 0 Å². The van der Waals surface area contributed by atoms with Crippen LogP contribution < -0.4 is 10.6 Å². The number of imide groups is 1. The van der Waals surface area contributed by atoms with Gasteiger partial charge in [0, 0.05) is 39.8 Å². The van der Waals surface area contributed by atoms with Gasteiger partial charge in [0.25, 0.3) is 0 Å². The molecule has 5 atom stereocenters. The number of carbonyl (C=O) groups excluding carboxylic acids is 2. The third kappa shape index (κ3) is 3.48. The molecule has 8 heteroatoms. The maximum atomic E-state index is 12.7. The highest BCUT2D eigenvalue weighted by molar-refractivity contribution is 6.06. The summed E-state index contributed by atoms with van der Waals surface area (Å²) in [4.78, 5) is 33.2. The summed E-state index contributed by atoms with van der Waals surface area (Å²) < 4.78 is 5.74. The molecule has 3 fully saturated rings. The first kappa shape index (κ1) is 18.4. The summed E-state index contributed by atoms with van der Waals surface area (Å²) >= 11 is 0. The van der Waals surface area contributed by atoms with Gasteiger partial charge in [-0.15, -0.1) is 0 Å². The summed E-state index contributed by atoms with van der Waals surface area (Å²) in [7, 11) is 3.80. The Labute approximate surface area is 160 Å². The zero-order valence-electron chi connectivity index (χ0n) is 16.1. The van der Waals surface area contributed by atoms with Crippen molar-refractivity contribution >= 4 is 17.8 Å². The molecule has 0 aromatic heterocycles. The quantitative estimate of drug-likeness (QED) is 0.286. The van der Waals surface area contributed by atoms with E-state index in [-0.39, 0.29) is 41.6 Å².